The molecule has 0 spiro atoms. The fourth-order valence-electron chi connectivity index (χ4n) is 3.03. The number of carbonyl (C=O) groups is 1. The van der Waals surface area contributed by atoms with Gasteiger partial charge in [0, 0.05) is 18.1 Å². The van der Waals surface area contributed by atoms with Crippen molar-refractivity contribution in [3.63, 3.8) is 0 Å². The summed E-state index contributed by atoms with van der Waals surface area (Å²) in [7, 11) is 3.16. The fraction of sp³-hybridized carbons (Fsp3) is 0.286. The molecule has 0 saturated carbocycles. The van der Waals surface area contributed by atoms with Crippen LogP contribution in [0.15, 0.2) is 42.5 Å². The maximum Gasteiger partial charge on any atom is 0.244 e. The summed E-state index contributed by atoms with van der Waals surface area (Å²) >= 11 is 0. The van der Waals surface area contributed by atoms with E-state index in [1.165, 1.54) is 11.6 Å². The Labute approximate surface area is 153 Å². The van der Waals surface area contributed by atoms with Crippen molar-refractivity contribution in [2.45, 2.75) is 19.4 Å². The van der Waals surface area contributed by atoms with Crippen LogP contribution < -0.4 is 19.5 Å². The SMILES string of the molecule is COc1cccc(C=CC(=O)NC(C)c2ccc3c(c2)CCO3)c1OC. The van der Waals surface area contributed by atoms with E-state index in [1.807, 2.05) is 37.3 Å². The van der Waals surface area contributed by atoms with Gasteiger partial charge in [-0.1, -0.05) is 18.2 Å². The lowest BCUT2D eigenvalue weighted by Crippen LogP contribution is -2.24. The number of fused-ring (bicyclic) bond motifs is 1. The van der Waals surface area contributed by atoms with Gasteiger partial charge in [0.2, 0.25) is 5.91 Å². The Morgan fingerprint density at radius 2 is 2.08 bits per heavy atom. The predicted octanol–water partition coefficient (Wildman–Crippen LogP) is 3.53. The van der Waals surface area contributed by atoms with E-state index in [-0.39, 0.29) is 11.9 Å². The average molecular weight is 353 g/mol. The van der Waals surface area contributed by atoms with Crippen LogP contribution in [0.2, 0.25) is 0 Å². The maximum absolute atomic E-state index is 12.3. The van der Waals surface area contributed by atoms with E-state index in [0.29, 0.717) is 11.5 Å². The molecular formula is C21H23NO4. The third-order valence-corrected chi connectivity index (χ3v) is 4.42. The Kier molecular flexibility index (Phi) is 5.46. The number of hydrogen-bond donors (Lipinski definition) is 1. The molecule has 136 valence electrons. The third kappa shape index (κ3) is 3.82. The molecule has 0 bridgehead atoms. The summed E-state index contributed by atoms with van der Waals surface area (Å²) < 4.78 is 16.2. The van der Waals surface area contributed by atoms with E-state index < -0.39 is 0 Å². The molecule has 1 aliphatic heterocycles. The smallest absolute Gasteiger partial charge is 0.244 e. The molecule has 3 rings (SSSR count). The molecule has 1 amide bonds. The molecule has 1 atom stereocenters. The lowest BCUT2D eigenvalue weighted by Gasteiger charge is -2.14. The number of methoxy groups -OCH3 is 2. The van der Waals surface area contributed by atoms with Crippen molar-refractivity contribution in [3.8, 4) is 17.2 Å². The zero-order chi connectivity index (χ0) is 18.5. The van der Waals surface area contributed by atoms with Crippen LogP contribution in [0.25, 0.3) is 6.08 Å². The molecule has 2 aromatic rings. The normalized spacial score (nSPS) is 13.8. The molecular weight excluding hydrogens is 330 g/mol. The lowest BCUT2D eigenvalue weighted by atomic mass is 10.0. The van der Waals surface area contributed by atoms with E-state index >= 15 is 0 Å². The van der Waals surface area contributed by atoms with Crippen molar-refractivity contribution in [1.82, 2.24) is 5.32 Å². The average Bonchev–Trinajstić information content (AvgIpc) is 3.13. The molecule has 0 fully saturated rings. The zero-order valence-electron chi connectivity index (χ0n) is 15.2. The van der Waals surface area contributed by atoms with Gasteiger partial charge in [-0.05, 0) is 42.3 Å². The number of para-hydroxylation sites is 1. The van der Waals surface area contributed by atoms with Crippen molar-refractivity contribution in [3.05, 3.63) is 59.2 Å². The molecule has 0 aromatic heterocycles. The topological polar surface area (TPSA) is 56.8 Å². The number of carbonyl (C=O) groups excluding carboxylic acids is 1. The minimum Gasteiger partial charge on any atom is -0.493 e. The van der Waals surface area contributed by atoms with Gasteiger partial charge < -0.3 is 19.5 Å². The molecule has 1 aliphatic rings. The van der Waals surface area contributed by atoms with Crippen molar-refractivity contribution in [1.29, 1.82) is 0 Å². The van der Waals surface area contributed by atoms with Crippen LogP contribution >= 0.6 is 0 Å². The van der Waals surface area contributed by atoms with Gasteiger partial charge in [0.1, 0.15) is 5.75 Å². The van der Waals surface area contributed by atoms with Crippen LogP contribution in [0, 0.1) is 0 Å². The Morgan fingerprint density at radius 1 is 1.23 bits per heavy atom. The summed E-state index contributed by atoms with van der Waals surface area (Å²) in [6.45, 7) is 2.69. The summed E-state index contributed by atoms with van der Waals surface area (Å²) in [5, 5.41) is 2.99. The molecule has 5 heteroatoms. The van der Waals surface area contributed by atoms with Crippen LogP contribution in [-0.2, 0) is 11.2 Å². The Hall–Kier alpha value is -2.95. The van der Waals surface area contributed by atoms with E-state index in [2.05, 4.69) is 11.4 Å². The van der Waals surface area contributed by atoms with Gasteiger partial charge in [-0.25, -0.2) is 0 Å². The molecule has 2 aromatic carbocycles. The number of hydrogen-bond acceptors (Lipinski definition) is 4. The summed E-state index contributed by atoms with van der Waals surface area (Å²) in [6, 6.07) is 11.5. The minimum absolute atomic E-state index is 0.0924. The first-order chi connectivity index (χ1) is 12.6. The Morgan fingerprint density at radius 3 is 2.85 bits per heavy atom. The number of nitrogens with one attached hydrogen (secondary N) is 1. The summed E-state index contributed by atoms with van der Waals surface area (Å²) in [5.74, 6) is 2.01. The second-order valence-electron chi connectivity index (χ2n) is 6.11. The first-order valence-electron chi connectivity index (χ1n) is 8.57. The first kappa shape index (κ1) is 17.9. The van der Waals surface area contributed by atoms with Gasteiger partial charge in [0.15, 0.2) is 11.5 Å². The molecule has 1 unspecified atom stereocenters. The van der Waals surface area contributed by atoms with Crippen LogP contribution in [0.4, 0.5) is 0 Å². The van der Waals surface area contributed by atoms with Crippen molar-refractivity contribution >= 4 is 12.0 Å². The summed E-state index contributed by atoms with van der Waals surface area (Å²) in [4.78, 5) is 12.3. The number of amides is 1. The van der Waals surface area contributed by atoms with Gasteiger partial charge in [0.05, 0.1) is 26.9 Å². The highest BCUT2D eigenvalue weighted by molar-refractivity contribution is 5.92. The fourth-order valence-corrected chi connectivity index (χ4v) is 3.03. The molecule has 1 heterocycles. The lowest BCUT2D eigenvalue weighted by molar-refractivity contribution is -0.117. The third-order valence-electron chi connectivity index (χ3n) is 4.42. The van der Waals surface area contributed by atoms with E-state index in [9.17, 15) is 4.79 Å². The van der Waals surface area contributed by atoms with E-state index in [1.54, 1.807) is 20.3 Å². The molecule has 26 heavy (non-hydrogen) atoms. The van der Waals surface area contributed by atoms with Crippen LogP contribution in [-0.4, -0.2) is 26.7 Å². The van der Waals surface area contributed by atoms with Crippen LogP contribution in [0.5, 0.6) is 17.2 Å². The highest BCUT2D eigenvalue weighted by atomic mass is 16.5. The van der Waals surface area contributed by atoms with Gasteiger partial charge in [-0.3, -0.25) is 4.79 Å². The maximum atomic E-state index is 12.3. The highest BCUT2D eigenvalue weighted by Crippen LogP contribution is 2.31. The van der Waals surface area contributed by atoms with Gasteiger partial charge in [-0.15, -0.1) is 0 Å². The molecule has 0 radical (unpaired) electrons. The van der Waals surface area contributed by atoms with Crippen LogP contribution in [0.3, 0.4) is 0 Å². The predicted molar refractivity (Wildman–Crippen MR) is 101 cm³/mol. The highest BCUT2D eigenvalue weighted by Gasteiger charge is 2.15. The Bertz CT molecular complexity index is 829. The molecule has 0 saturated heterocycles. The van der Waals surface area contributed by atoms with E-state index in [0.717, 1.165) is 29.9 Å². The standard InChI is InChI=1S/C21H23NO4/c1-14(16-7-9-18-17(13-16)11-12-26-18)22-20(23)10-8-15-5-4-6-19(24-2)21(15)25-3/h4-10,13-14H,11-12H2,1-3H3,(H,22,23). The number of benzene rings is 2. The van der Waals surface area contributed by atoms with Gasteiger partial charge in [0.25, 0.3) is 0 Å². The molecule has 5 nitrogen and oxygen atoms in total. The second kappa shape index (κ2) is 7.95. The quantitative estimate of drug-likeness (QED) is 0.807. The zero-order valence-corrected chi connectivity index (χ0v) is 15.2. The first-order valence-corrected chi connectivity index (χ1v) is 8.57. The second-order valence-corrected chi connectivity index (χ2v) is 6.11. The molecule has 0 aliphatic carbocycles. The summed E-state index contributed by atoms with van der Waals surface area (Å²) in [5.41, 5.74) is 3.04. The summed E-state index contributed by atoms with van der Waals surface area (Å²) in [6.07, 6.45) is 4.14. The van der Waals surface area contributed by atoms with Crippen molar-refractivity contribution < 1.29 is 19.0 Å². The largest absolute Gasteiger partial charge is 0.493 e. The number of rotatable bonds is 6. The Balaban J connectivity index is 1.68. The van der Waals surface area contributed by atoms with Gasteiger partial charge in [-0.2, -0.15) is 0 Å². The minimum atomic E-state index is -0.167. The van der Waals surface area contributed by atoms with Crippen LogP contribution in [0.1, 0.15) is 29.7 Å². The van der Waals surface area contributed by atoms with E-state index in [4.69, 9.17) is 14.2 Å². The monoisotopic (exact) mass is 353 g/mol. The van der Waals surface area contributed by atoms with Crippen molar-refractivity contribution in [2.75, 3.05) is 20.8 Å². The number of ether oxygens (including phenoxy) is 3. The van der Waals surface area contributed by atoms with Gasteiger partial charge >= 0.3 is 0 Å². The van der Waals surface area contributed by atoms with Crippen molar-refractivity contribution in [2.24, 2.45) is 0 Å². The molecule has 1 N–H and O–H groups in total.